The average molecular weight is 314 g/mol. The van der Waals surface area contributed by atoms with Crippen molar-refractivity contribution in [2.45, 2.75) is 25.8 Å². The fourth-order valence-electron chi connectivity index (χ4n) is 2.49. The summed E-state index contributed by atoms with van der Waals surface area (Å²) in [4.78, 5) is 34.2. The molecular weight excluding hydrogens is 296 g/mol. The lowest BCUT2D eigenvalue weighted by Crippen LogP contribution is -2.31. The number of rotatable bonds is 4. The number of piperidine rings is 1. The standard InChI is InChI=1S/C15H18N6O2/c22-13(11-21-14(23)5-4-6-18-21)19-12-9-16-15(17-10-12)20-7-2-1-3-8-20/h4-6,9-10H,1-3,7-8,11H2,(H,19,22). The summed E-state index contributed by atoms with van der Waals surface area (Å²) in [5, 5.41) is 6.51. The zero-order valence-electron chi connectivity index (χ0n) is 12.7. The van der Waals surface area contributed by atoms with Gasteiger partial charge < -0.3 is 10.2 Å². The van der Waals surface area contributed by atoms with Crippen LogP contribution in [0.25, 0.3) is 0 Å². The Morgan fingerprint density at radius 2 is 1.91 bits per heavy atom. The van der Waals surface area contributed by atoms with Crippen LogP contribution in [0, 0.1) is 0 Å². The Morgan fingerprint density at radius 3 is 2.61 bits per heavy atom. The number of carbonyl (C=O) groups is 1. The Morgan fingerprint density at radius 1 is 1.17 bits per heavy atom. The Balaban J connectivity index is 1.60. The molecule has 1 fully saturated rings. The molecule has 1 amide bonds. The van der Waals surface area contributed by atoms with Gasteiger partial charge in [0.15, 0.2) is 0 Å². The molecule has 0 aromatic carbocycles. The van der Waals surface area contributed by atoms with E-state index < -0.39 is 0 Å². The van der Waals surface area contributed by atoms with Crippen molar-refractivity contribution in [3.63, 3.8) is 0 Å². The summed E-state index contributed by atoms with van der Waals surface area (Å²) in [5.41, 5.74) is 0.180. The van der Waals surface area contributed by atoms with E-state index in [0.717, 1.165) is 30.6 Å². The molecule has 120 valence electrons. The molecule has 23 heavy (non-hydrogen) atoms. The zero-order chi connectivity index (χ0) is 16.1. The lowest BCUT2D eigenvalue weighted by molar-refractivity contribution is -0.117. The molecule has 2 aromatic rings. The largest absolute Gasteiger partial charge is 0.341 e. The normalized spacial score (nSPS) is 14.5. The van der Waals surface area contributed by atoms with Crippen LogP contribution in [0.5, 0.6) is 0 Å². The van der Waals surface area contributed by atoms with Gasteiger partial charge in [0.05, 0.1) is 18.1 Å². The first-order valence-electron chi connectivity index (χ1n) is 7.61. The molecule has 2 aromatic heterocycles. The molecule has 0 atom stereocenters. The predicted molar refractivity (Wildman–Crippen MR) is 85.2 cm³/mol. The van der Waals surface area contributed by atoms with E-state index in [4.69, 9.17) is 0 Å². The third-order valence-electron chi connectivity index (χ3n) is 3.64. The van der Waals surface area contributed by atoms with Crippen LogP contribution in [0.15, 0.2) is 35.5 Å². The van der Waals surface area contributed by atoms with Crippen molar-refractivity contribution in [1.29, 1.82) is 0 Å². The van der Waals surface area contributed by atoms with Gasteiger partial charge in [-0.2, -0.15) is 5.10 Å². The maximum absolute atomic E-state index is 11.9. The second kappa shape index (κ2) is 6.99. The topological polar surface area (TPSA) is 93.0 Å². The number of aromatic nitrogens is 4. The third-order valence-corrected chi connectivity index (χ3v) is 3.64. The molecule has 3 rings (SSSR count). The van der Waals surface area contributed by atoms with Crippen LogP contribution in [0.3, 0.4) is 0 Å². The van der Waals surface area contributed by atoms with Crippen molar-refractivity contribution in [3.05, 3.63) is 41.1 Å². The summed E-state index contributed by atoms with van der Waals surface area (Å²) in [6, 6.07) is 2.89. The highest BCUT2D eigenvalue weighted by Gasteiger charge is 2.13. The SMILES string of the molecule is O=C(Cn1ncccc1=O)Nc1cnc(N2CCCCC2)nc1. The molecule has 1 aliphatic heterocycles. The summed E-state index contributed by atoms with van der Waals surface area (Å²) in [7, 11) is 0. The van der Waals surface area contributed by atoms with Gasteiger partial charge in [0.1, 0.15) is 6.54 Å². The lowest BCUT2D eigenvalue weighted by atomic mass is 10.1. The number of anilines is 2. The summed E-state index contributed by atoms with van der Waals surface area (Å²) in [6.45, 7) is 1.79. The molecular formula is C15H18N6O2. The summed E-state index contributed by atoms with van der Waals surface area (Å²) < 4.78 is 1.10. The summed E-state index contributed by atoms with van der Waals surface area (Å²) in [6.07, 6.45) is 8.18. The molecule has 1 saturated heterocycles. The minimum Gasteiger partial charge on any atom is -0.341 e. The maximum Gasteiger partial charge on any atom is 0.267 e. The quantitative estimate of drug-likeness (QED) is 0.891. The van der Waals surface area contributed by atoms with Crippen LogP contribution in [0.2, 0.25) is 0 Å². The second-order valence-corrected chi connectivity index (χ2v) is 5.39. The second-order valence-electron chi connectivity index (χ2n) is 5.39. The fourth-order valence-corrected chi connectivity index (χ4v) is 2.49. The first kappa shape index (κ1) is 15.1. The van der Waals surface area contributed by atoms with Crippen molar-refractivity contribution in [1.82, 2.24) is 19.7 Å². The van der Waals surface area contributed by atoms with E-state index in [-0.39, 0.29) is 18.0 Å². The van der Waals surface area contributed by atoms with Gasteiger partial charge >= 0.3 is 0 Å². The van der Waals surface area contributed by atoms with E-state index in [1.54, 1.807) is 12.4 Å². The molecule has 8 heteroatoms. The van der Waals surface area contributed by atoms with Crippen LogP contribution in [-0.4, -0.2) is 38.7 Å². The highest BCUT2D eigenvalue weighted by Crippen LogP contribution is 2.16. The third kappa shape index (κ3) is 3.91. The molecule has 0 spiro atoms. The minimum absolute atomic E-state index is 0.145. The minimum atomic E-state index is -0.347. The van der Waals surface area contributed by atoms with Gasteiger partial charge in [-0.15, -0.1) is 0 Å². The molecule has 0 radical (unpaired) electrons. The van der Waals surface area contributed by atoms with Crippen molar-refractivity contribution in [2.24, 2.45) is 0 Å². The molecule has 1 N–H and O–H groups in total. The molecule has 0 unspecified atom stereocenters. The van der Waals surface area contributed by atoms with Crippen molar-refractivity contribution >= 4 is 17.5 Å². The summed E-state index contributed by atoms with van der Waals surface area (Å²) in [5.74, 6) is 0.337. The molecule has 8 nitrogen and oxygen atoms in total. The van der Waals surface area contributed by atoms with E-state index in [1.165, 1.54) is 24.8 Å². The Bertz CT molecular complexity index is 721. The van der Waals surface area contributed by atoms with Gasteiger partial charge in [-0.1, -0.05) is 0 Å². The van der Waals surface area contributed by atoms with Crippen LogP contribution in [-0.2, 0) is 11.3 Å². The Kier molecular flexibility index (Phi) is 4.60. The van der Waals surface area contributed by atoms with Gasteiger partial charge in [-0.3, -0.25) is 9.59 Å². The van der Waals surface area contributed by atoms with Crippen molar-refractivity contribution < 1.29 is 4.79 Å². The van der Waals surface area contributed by atoms with Crippen LogP contribution in [0.4, 0.5) is 11.6 Å². The number of nitrogens with zero attached hydrogens (tertiary/aromatic N) is 5. The van der Waals surface area contributed by atoms with E-state index in [0.29, 0.717) is 11.6 Å². The number of nitrogens with one attached hydrogen (secondary N) is 1. The maximum atomic E-state index is 11.9. The van der Waals surface area contributed by atoms with Crippen LogP contribution >= 0.6 is 0 Å². The van der Waals surface area contributed by atoms with Crippen molar-refractivity contribution in [3.8, 4) is 0 Å². The average Bonchev–Trinajstić information content (AvgIpc) is 2.58. The molecule has 0 saturated carbocycles. The lowest BCUT2D eigenvalue weighted by Gasteiger charge is -2.26. The van der Waals surface area contributed by atoms with Gasteiger partial charge in [0.25, 0.3) is 5.56 Å². The van der Waals surface area contributed by atoms with Gasteiger partial charge in [0.2, 0.25) is 11.9 Å². The zero-order valence-corrected chi connectivity index (χ0v) is 12.7. The van der Waals surface area contributed by atoms with Crippen molar-refractivity contribution in [2.75, 3.05) is 23.3 Å². The van der Waals surface area contributed by atoms with Gasteiger partial charge in [-0.05, 0) is 25.3 Å². The first-order valence-corrected chi connectivity index (χ1v) is 7.61. The number of hydrogen-bond acceptors (Lipinski definition) is 6. The number of carbonyl (C=O) groups excluding carboxylic acids is 1. The Hall–Kier alpha value is -2.77. The Labute approximate surface area is 133 Å². The van der Waals surface area contributed by atoms with E-state index in [1.807, 2.05) is 0 Å². The smallest absolute Gasteiger partial charge is 0.267 e. The van der Waals surface area contributed by atoms with Gasteiger partial charge in [0, 0.05) is 25.4 Å². The molecule has 3 heterocycles. The van der Waals surface area contributed by atoms with Gasteiger partial charge in [-0.25, -0.2) is 14.6 Å². The highest BCUT2D eigenvalue weighted by atomic mass is 16.2. The van der Waals surface area contributed by atoms with Crippen LogP contribution in [0.1, 0.15) is 19.3 Å². The molecule has 1 aliphatic rings. The monoisotopic (exact) mass is 314 g/mol. The van der Waals surface area contributed by atoms with E-state index in [2.05, 4.69) is 25.3 Å². The van der Waals surface area contributed by atoms with E-state index in [9.17, 15) is 9.59 Å². The highest BCUT2D eigenvalue weighted by molar-refractivity contribution is 5.90. The predicted octanol–water partition coefficient (Wildman–Crippen LogP) is 0.662. The first-order chi connectivity index (χ1) is 11.2. The van der Waals surface area contributed by atoms with E-state index >= 15 is 0 Å². The molecule has 0 aliphatic carbocycles. The molecule has 0 bridgehead atoms. The summed E-state index contributed by atoms with van der Waals surface area (Å²) >= 11 is 0. The number of amides is 1. The number of hydrogen-bond donors (Lipinski definition) is 1. The van der Waals surface area contributed by atoms with Crippen LogP contribution < -0.4 is 15.8 Å². The fraction of sp³-hybridized carbons (Fsp3) is 0.400.